The number of aliphatic hydroxyl groups is 1. The van der Waals surface area contributed by atoms with Gasteiger partial charge in [0.05, 0.1) is 39.2 Å². The number of aliphatic hydroxyl groups excluding tert-OH is 1. The predicted molar refractivity (Wildman–Crippen MR) is 203 cm³/mol. The molecule has 3 heterocycles. The van der Waals surface area contributed by atoms with Gasteiger partial charge < -0.3 is 24.8 Å². The number of hydrogen-bond acceptors (Lipinski definition) is 7. The van der Waals surface area contributed by atoms with Crippen LogP contribution >= 0.6 is 0 Å². The summed E-state index contributed by atoms with van der Waals surface area (Å²) in [6.07, 6.45) is 2.73. The minimum Gasteiger partial charge on any atom is -0.497 e. The number of anilines is 2. The summed E-state index contributed by atoms with van der Waals surface area (Å²) in [5.74, 6) is 0.403. The standard InChI is InChI=1S/C41H45N5O5Si/c1-28-38(52(3,4)34-19-17-33(50-2)18-20-34)37(21-23-45-27-32(22-24-47)43-44-45)51-41(28)35-15-8-9-16-36(35)46(40(41)49)26-29-11-10-14-31(25-29)42-39(48)30-12-6-5-7-13-30/h5-20,25,27-28,37-38,47H,21-24,26H2,1-4H3,(H,42,48)/t28-,37+,38-,41+/m1/s1. The molecule has 4 aromatic carbocycles. The molecule has 0 unspecified atom stereocenters. The normalized spacial score (nSPS) is 21.1. The van der Waals surface area contributed by atoms with E-state index in [-0.39, 0.29) is 36.0 Å². The molecule has 52 heavy (non-hydrogen) atoms. The first-order chi connectivity index (χ1) is 25.1. The van der Waals surface area contributed by atoms with Crippen molar-refractivity contribution < 1.29 is 24.2 Å². The maximum atomic E-state index is 15.1. The largest absolute Gasteiger partial charge is 0.497 e. The number of carbonyl (C=O) groups is 2. The van der Waals surface area contributed by atoms with Crippen molar-refractivity contribution in [3.05, 3.63) is 132 Å². The van der Waals surface area contributed by atoms with Crippen LogP contribution in [0, 0.1) is 5.92 Å². The molecule has 1 spiro atoms. The Morgan fingerprint density at radius 3 is 2.50 bits per heavy atom. The fraction of sp³-hybridized carbons (Fsp3) is 0.317. The van der Waals surface area contributed by atoms with Gasteiger partial charge >= 0.3 is 0 Å². The number of methoxy groups -OCH3 is 1. The van der Waals surface area contributed by atoms with Crippen LogP contribution in [-0.2, 0) is 34.6 Å². The zero-order chi connectivity index (χ0) is 36.5. The van der Waals surface area contributed by atoms with Crippen molar-refractivity contribution in [2.24, 2.45) is 5.92 Å². The average Bonchev–Trinajstić information content (AvgIpc) is 3.81. The first-order valence-corrected chi connectivity index (χ1v) is 20.9. The Kier molecular flexibility index (Phi) is 9.84. The van der Waals surface area contributed by atoms with Crippen molar-refractivity contribution >= 4 is 36.4 Å². The fourth-order valence-electron chi connectivity index (χ4n) is 8.35. The van der Waals surface area contributed by atoms with E-state index in [2.05, 4.69) is 47.8 Å². The van der Waals surface area contributed by atoms with Crippen LogP contribution in [0.5, 0.6) is 5.75 Å². The maximum absolute atomic E-state index is 15.1. The number of nitrogens with zero attached hydrogens (tertiary/aromatic N) is 4. The first-order valence-electron chi connectivity index (χ1n) is 17.8. The van der Waals surface area contributed by atoms with Crippen molar-refractivity contribution in [3.63, 3.8) is 0 Å². The van der Waals surface area contributed by atoms with E-state index >= 15 is 4.79 Å². The highest BCUT2D eigenvalue weighted by molar-refractivity contribution is 6.91. The molecule has 0 bridgehead atoms. The molecule has 7 rings (SSSR count). The number of carbonyl (C=O) groups excluding carboxylic acids is 2. The Bertz CT molecular complexity index is 2050. The van der Waals surface area contributed by atoms with Gasteiger partial charge in [0.25, 0.3) is 11.8 Å². The number of fused-ring (bicyclic) bond motifs is 2. The molecule has 268 valence electrons. The van der Waals surface area contributed by atoms with Crippen molar-refractivity contribution in [1.29, 1.82) is 0 Å². The van der Waals surface area contributed by atoms with E-state index in [9.17, 15) is 9.90 Å². The first kappa shape index (κ1) is 35.3. The molecule has 0 saturated carbocycles. The van der Waals surface area contributed by atoms with Crippen LogP contribution < -0.4 is 20.1 Å². The topological polar surface area (TPSA) is 119 Å². The Labute approximate surface area is 305 Å². The molecule has 1 saturated heterocycles. The summed E-state index contributed by atoms with van der Waals surface area (Å²) < 4.78 is 14.5. The third kappa shape index (κ3) is 6.44. The van der Waals surface area contributed by atoms with E-state index in [1.165, 1.54) is 5.19 Å². The van der Waals surface area contributed by atoms with E-state index in [4.69, 9.17) is 9.47 Å². The molecule has 1 fully saturated rings. The molecule has 2 amide bonds. The van der Waals surface area contributed by atoms with Crippen LogP contribution in [0.4, 0.5) is 11.4 Å². The molecule has 4 atom stereocenters. The van der Waals surface area contributed by atoms with E-state index in [0.717, 1.165) is 28.3 Å². The number of aryl methyl sites for hydroxylation is 1. The quantitative estimate of drug-likeness (QED) is 0.154. The van der Waals surface area contributed by atoms with E-state index in [0.29, 0.717) is 37.2 Å². The molecule has 0 radical (unpaired) electrons. The van der Waals surface area contributed by atoms with Gasteiger partial charge in [0.15, 0.2) is 5.60 Å². The fourth-order valence-corrected chi connectivity index (χ4v) is 12.4. The summed E-state index contributed by atoms with van der Waals surface area (Å²) in [7, 11) is -0.643. The van der Waals surface area contributed by atoms with Crippen molar-refractivity contribution in [2.75, 3.05) is 23.9 Å². The Hall–Kier alpha value is -5.10. The highest BCUT2D eigenvalue weighted by Crippen LogP contribution is 2.60. The van der Waals surface area contributed by atoms with Gasteiger partial charge in [-0.1, -0.05) is 91.1 Å². The number of para-hydroxylation sites is 1. The molecule has 2 aliphatic rings. The lowest BCUT2D eigenvalue weighted by molar-refractivity contribution is -0.146. The number of rotatable bonds is 12. The van der Waals surface area contributed by atoms with E-state index < -0.39 is 13.7 Å². The van der Waals surface area contributed by atoms with Gasteiger partial charge in [0.1, 0.15) is 5.75 Å². The third-order valence-electron chi connectivity index (χ3n) is 10.9. The lowest BCUT2D eigenvalue weighted by Gasteiger charge is -2.37. The molecular formula is C41H45N5O5Si. The van der Waals surface area contributed by atoms with Crippen molar-refractivity contribution in [3.8, 4) is 5.75 Å². The van der Waals surface area contributed by atoms with Gasteiger partial charge in [-0.05, 0) is 60.0 Å². The summed E-state index contributed by atoms with van der Waals surface area (Å²) in [6.45, 7) is 7.84. The monoisotopic (exact) mass is 715 g/mol. The lowest BCUT2D eigenvalue weighted by Crippen LogP contribution is -2.51. The molecule has 10 nitrogen and oxygen atoms in total. The molecule has 2 N–H and O–H groups in total. The van der Waals surface area contributed by atoms with E-state index in [1.54, 1.807) is 19.2 Å². The number of nitrogens with one attached hydrogen (secondary N) is 1. The number of benzene rings is 4. The predicted octanol–water partition coefficient (Wildman–Crippen LogP) is 5.93. The number of amides is 2. The average molecular weight is 716 g/mol. The van der Waals surface area contributed by atoms with Gasteiger partial charge in [-0.15, -0.1) is 5.10 Å². The summed E-state index contributed by atoms with van der Waals surface area (Å²) in [5.41, 5.74) is 3.50. The molecule has 0 aliphatic carbocycles. The highest BCUT2D eigenvalue weighted by atomic mass is 28.3. The van der Waals surface area contributed by atoms with Crippen LogP contribution in [0.2, 0.25) is 18.6 Å². The minimum absolute atomic E-state index is 0.0127. The van der Waals surface area contributed by atoms with Crippen LogP contribution in [0.1, 0.15) is 40.5 Å². The van der Waals surface area contributed by atoms with Crippen molar-refractivity contribution in [2.45, 2.75) is 63.2 Å². The summed E-state index contributed by atoms with van der Waals surface area (Å²) in [4.78, 5) is 29.9. The summed E-state index contributed by atoms with van der Waals surface area (Å²) >= 11 is 0. The van der Waals surface area contributed by atoms with Crippen LogP contribution in [0.3, 0.4) is 0 Å². The molecule has 1 aromatic heterocycles. The Balaban J connectivity index is 1.21. The van der Waals surface area contributed by atoms with E-state index in [1.807, 2.05) is 94.6 Å². The van der Waals surface area contributed by atoms with Gasteiger partial charge in [-0.25, -0.2) is 0 Å². The maximum Gasteiger partial charge on any atom is 0.264 e. The van der Waals surface area contributed by atoms with Crippen molar-refractivity contribution in [1.82, 2.24) is 15.0 Å². The van der Waals surface area contributed by atoms with Gasteiger partial charge in [0.2, 0.25) is 0 Å². The molecule has 2 aliphatic heterocycles. The Morgan fingerprint density at radius 1 is 1.00 bits per heavy atom. The van der Waals surface area contributed by atoms with Gasteiger partial charge in [-0.2, -0.15) is 0 Å². The molecule has 5 aromatic rings. The number of aromatic nitrogens is 3. The smallest absolute Gasteiger partial charge is 0.264 e. The lowest BCUT2D eigenvalue weighted by atomic mass is 9.82. The molecular weight excluding hydrogens is 671 g/mol. The zero-order valence-electron chi connectivity index (χ0n) is 30.0. The summed E-state index contributed by atoms with van der Waals surface area (Å²) in [6, 6.07) is 33.1. The number of hydrogen-bond donors (Lipinski definition) is 2. The highest BCUT2D eigenvalue weighted by Gasteiger charge is 2.66. The van der Waals surface area contributed by atoms with Gasteiger partial charge in [0, 0.05) is 48.5 Å². The van der Waals surface area contributed by atoms with Crippen LogP contribution in [0.15, 0.2) is 109 Å². The SMILES string of the molecule is COc1ccc([Si](C)(C)[C@H]2[C@H](CCn3cc(CCO)nn3)O[C@@]3(C(=O)N(Cc4cccc(NC(=O)c5ccccc5)c4)c4ccccc43)[C@@H]2C)cc1. The Morgan fingerprint density at radius 2 is 1.75 bits per heavy atom. The van der Waals surface area contributed by atoms with Gasteiger partial charge in [-0.3, -0.25) is 14.3 Å². The second-order valence-corrected chi connectivity index (χ2v) is 19.0. The minimum atomic E-state index is -2.32. The van der Waals surface area contributed by atoms with Crippen LogP contribution in [-0.4, -0.2) is 59.8 Å². The zero-order valence-corrected chi connectivity index (χ0v) is 31.0. The molecule has 11 heteroatoms. The second kappa shape index (κ2) is 14.5. The third-order valence-corrected chi connectivity index (χ3v) is 15.3. The summed E-state index contributed by atoms with van der Waals surface area (Å²) in [5, 5.41) is 22.2. The number of ether oxygens (including phenoxy) is 2. The second-order valence-electron chi connectivity index (χ2n) is 14.3. The van der Waals surface area contributed by atoms with Crippen LogP contribution in [0.25, 0.3) is 0 Å².